The van der Waals surface area contributed by atoms with Gasteiger partial charge in [-0.3, -0.25) is 4.79 Å². The molecular weight excluding hydrogens is 537 g/mol. The van der Waals surface area contributed by atoms with Gasteiger partial charge in [0.05, 0.1) is 17.5 Å². The van der Waals surface area contributed by atoms with Crippen LogP contribution in [0.4, 0.5) is 0 Å². The molecule has 2 heterocycles. The van der Waals surface area contributed by atoms with Gasteiger partial charge >= 0.3 is 0 Å². The molecule has 4 rings (SSSR count). The Hall–Kier alpha value is -2.48. The van der Waals surface area contributed by atoms with Crippen molar-refractivity contribution >= 4 is 27.3 Å². The molecule has 1 amide bonds. The molecule has 1 aromatic heterocycles. The molecule has 216 valence electrons. The molecule has 40 heavy (non-hydrogen) atoms. The number of rotatable bonds is 7. The topological polar surface area (TPSA) is 57.7 Å². The molecule has 1 aliphatic heterocycles. The molecule has 1 atom stereocenters. The third-order valence-corrected chi connectivity index (χ3v) is 10.4. The maximum atomic E-state index is 14.0. The lowest BCUT2D eigenvalue weighted by Crippen LogP contribution is -2.47. The summed E-state index contributed by atoms with van der Waals surface area (Å²) in [4.78, 5) is 17.4. The van der Waals surface area contributed by atoms with Crippen molar-refractivity contribution in [3.05, 3.63) is 87.1 Å². The molecule has 7 heteroatoms. The van der Waals surface area contributed by atoms with Crippen molar-refractivity contribution in [2.24, 2.45) is 5.92 Å². The number of hydrogen-bond acceptors (Lipinski definition) is 4. The standard InChI is InChI=1S/C33H44N2O3S2/c1-23(2)21-34(40(37,38)27-15-13-26(14-16-27)33(6,7)8)22-30(36)35-19-17-29-28(18-20-39-29)31(35)24-9-11-25(12-10-24)32(3,4)5/h9-16,18,20,23,31H,17,19,21-22H2,1-8H3. The van der Waals surface area contributed by atoms with E-state index in [1.165, 1.54) is 14.7 Å². The summed E-state index contributed by atoms with van der Waals surface area (Å²) < 4.78 is 29.1. The predicted octanol–water partition coefficient (Wildman–Crippen LogP) is 7.16. The van der Waals surface area contributed by atoms with E-state index in [9.17, 15) is 13.2 Å². The molecule has 0 N–H and O–H groups in total. The Kier molecular flexibility index (Phi) is 8.70. The predicted molar refractivity (Wildman–Crippen MR) is 165 cm³/mol. The number of sulfonamides is 1. The fourth-order valence-electron chi connectivity index (χ4n) is 5.28. The first-order valence-electron chi connectivity index (χ1n) is 14.2. The van der Waals surface area contributed by atoms with Crippen molar-refractivity contribution in [3.63, 3.8) is 0 Å². The highest BCUT2D eigenvalue weighted by Gasteiger charge is 2.36. The third-order valence-electron chi connectivity index (χ3n) is 7.62. The first-order valence-corrected chi connectivity index (χ1v) is 16.5. The van der Waals surface area contributed by atoms with Crippen LogP contribution >= 0.6 is 11.3 Å². The van der Waals surface area contributed by atoms with Crippen LogP contribution in [0.2, 0.25) is 0 Å². The molecule has 0 fully saturated rings. The van der Waals surface area contributed by atoms with Crippen LogP contribution in [0.5, 0.6) is 0 Å². The minimum Gasteiger partial charge on any atom is -0.330 e. The lowest BCUT2D eigenvalue weighted by Gasteiger charge is -2.38. The summed E-state index contributed by atoms with van der Waals surface area (Å²) in [5.74, 6) is -0.0979. The van der Waals surface area contributed by atoms with Crippen LogP contribution in [-0.4, -0.2) is 43.2 Å². The Bertz CT molecular complexity index is 1420. The number of amides is 1. The van der Waals surface area contributed by atoms with Gasteiger partial charge in [-0.2, -0.15) is 4.31 Å². The average molecular weight is 581 g/mol. The number of nitrogens with zero attached hydrogens (tertiary/aromatic N) is 2. The van der Waals surface area contributed by atoms with Gasteiger partial charge in [-0.25, -0.2) is 8.42 Å². The van der Waals surface area contributed by atoms with Crippen LogP contribution in [-0.2, 0) is 32.1 Å². The summed E-state index contributed by atoms with van der Waals surface area (Å²) in [5.41, 5.74) is 4.46. The molecule has 0 radical (unpaired) electrons. The normalized spacial score (nSPS) is 16.4. The Morgan fingerprint density at radius 3 is 2.00 bits per heavy atom. The van der Waals surface area contributed by atoms with Gasteiger partial charge in [-0.1, -0.05) is 91.8 Å². The summed E-state index contributed by atoms with van der Waals surface area (Å²) in [6.45, 7) is 17.5. The van der Waals surface area contributed by atoms with E-state index in [0.717, 1.165) is 23.1 Å². The second kappa shape index (κ2) is 11.4. The van der Waals surface area contributed by atoms with Gasteiger partial charge in [0.25, 0.3) is 0 Å². The van der Waals surface area contributed by atoms with Crippen molar-refractivity contribution in [1.82, 2.24) is 9.21 Å². The van der Waals surface area contributed by atoms with Crippen molar-refractivity contribution < 1.29 is 13.2 Å². The van der Waals surface area contributed by atoms with Gasteiger partial charge in [-0.15, -0.1) is 11.3 Å². The van der Waals surface area contributed by atoms with Gasteiger partial charge in [0.1, 0.15) is 0 Å². The third kappa shape index (κ3) is 6.53. The number of hydrogen-bond donors (Lipinski definition) is 0. The molecule has 0 aliphatic carbocycles. The molecule has 0 saturated carbocycles. The second-order valence-electron chi connectivity index (χ2n) is 13.4. The minimum atomic E-state index is -3.86. The summed E-state index contributed by atoms with van der Waals surface area (Å²) in [6, 6.07) is 17.5. The zero-order valence-electron chi connectivity index (χ0n) is 25.2. The van der Waals surface area contributed by atoms with Gasteiger partial charge in [-0.05, 0) is 69.0 Å². The van der Waals surface area contributed by atoms with Crippen LogP contribution in [0.25, 0.3) is 0 Å². The number of fused-ring (bicyclic) bond motifs is 1. The molecule has 3 aromatic rings. The summed E-state index contributed by atoms with van der Waals surface area (Å²) in [6.07, 6.45) is 0.778. The van der Waals surface area contributed by atoms with Gasteiger partial charge < -0.3 is 4.90 Å². The Morgan fingerprint density at radius 2 is 1.48 bits per heavy atom. The molecule has 5 nitrogen and oxygen atoms in total. The summed E-state index contributed by atoms with van der Waals surface area (Å²) >= 11 is 1.73. The molecule has 0 bridgehead atoms. The average Bonchev–Trinajstić information content (AvgIpc) is 3.35. The maximum Gasteiger partial charge on any atom is 0.243 e. The van der Waals surface area contributed by atoms with Crippen LogP contribution in [0.15, 0.2) is 64.9 Å². The fourth-order valence-corrected chi connectivity index (χ4v) is 7.74. The Morgan fingerprint density at radius 1 is 0.925 bits per heavy atom. The lowest BCUT2D eigenvalue weighted by molar-refractivity contribution is -0.133. The number of carbonyl (C=O) groups is 1. The summed E-state index contributed by atoms with van der Waals surface area (Å²) in [5, 5.41) is 2.09. The van der Waals surface area contributed by atoms with Gasteiger partial charge in [0.2, 0.25) is 15.9 Å². The fraction of sp³-hybridized carbons (Fsp3) is 0.485. The van der Waals surface area contributed by atoms with Crippen LogP contribution < -0.4 is 0 Å². The van der Waals surface area contributed by atoms with Crippen LogP contribution in [0, 0.1) is 5.92 Å². The van der Waals surface area contributed by atoms with Crippen molar-refractivity contribution in [2.45, 2.75) is 83.6 Å². The second-order valence-corrected chi connectivity index (χ2v) is 16.3. The van der Waals surface area contributed by atoms with E-state index >= 15 is 0 Å². The highest BCUT2D eigenvalue weighted by atomic mass is 32.2. The highest BCUT2D eigenvalue weighted by molar-refractivity contribution is 7.89. The largest absolute Gasteiger partial charge is 0.330 e. The SMILES string of the molecule is CC(C)CN(CC(=O)N1CCc2sccc2C1c1ccc(C(C)(C)C)cc1)S(=O)(=O)c1ccc(C(C)(C)C)cc1. The highest BCUT2D eigenvalue weighted by Crippen LogP contribution is 2.39. The van der Waals surface area contributed by atoms with E-state index in [2.05, 4.69) is 77.3 Å². The molecule has 0 saturated heterocycles. The van der Waals surface area contributed by atoms with E-state index in [-0.39, 0.29) is 46.7 Å². The monoisotopic (exact) mass is 580 g/mol. The van der Waals surface area contributed by atoms with E-state index in [1.54, 1.807) is 23.5 Å². The molecule has 1 aliphatic rings. The molecular formula is C33H44N2O3S2. The number of carbonyl (C=O) groups excluding carboxylic acids is 1. The van der Waals surface area contributed by atoms with E-state index < -0.39 is 10.0 Å². The van der Waals surface area contributed by atoms with Crippen molar-refractivity contribution in [1.29, 1.82) is 0 Å². The maximum absolute atomic E-state index is 14.0. The molecule has 1 unspecified atom stereocenters. The number of thiophene rings is 1. The quantitative estimate of drug-likeness (QED) is 0.298. The van der Waals surface area contributed by atoms with Crippen LogP contribution in [0.3, 0.4) is 0 Å². The Balaban J connectivity index is 1.66. The zero-order chi connectivity index (χ0) is 29.5. The van der Waals surface area contributed by atoms with E-state index in [0.29, 0.717) is 6.54 Å². The first kappa shape index (κ1) is 30.5. The van der Waals surface area contributed by atoms with Crippen molar-refractivity contribution in [3.8, 4) is 0 Å². The molecule has 0 spiro atoms. The zero-order valence-corrected chi connectivity index (χ0v) is 26.8. The minimum absolute atomic E-state index is 0.0327. The molecule has 2 aromatic carbocycles. The van der Waals surface area contributed by atoms with Gasteiger partial charge in [0.15, 0.2) is 0 Å². The smallest absolute Gasteiger partial charge is 0.243 e. The van der Waals surface area contributed by atoms with E-state index in [4.69, 9.17) is 0 Å². The number of benzene rings is 2. The first-order chi connectivity index (χ1) is 18.6. The van der Waals surface area contributed by atoms with Crippen LogP contribution in [0.1, 0.15) is 88.6 Å². The van der Waals surface area contributed by atoms with Gasteiger partial charge in [0, 0.05) is 18.0 Å². The lowest BCUT2D eigenvalue weighted by atomic mass is 9.85. The Labute approximate surface area is 245 Å². The van der Waals surface area contributed by atoms with E-state index in [1.807, 2.05) is 30.9 Å². The van der Waals surface area contributed by atoms with Crippen molar-refractivity contribution in [2.75, 3.05) is 19.6 Å². The summed E-state index contributed by atoms with van der Waals surface area (Å²) in [7, 11) is -3.86.